The van der Waals surface area contributed by atoms with Crippen LogP contribution in [-0.2, 0) is 0 Å². The van der Waals surface area contributed by atoms with Crippen LogP contribution in [0.25, 0.3) is 144 Å². The summed E-state index contributed by atoms with van der Waals surface area (Å²) in [6.45, 7) is -0.287. The molecule has 4 heterocycles. The van der Waals surface area contributed by atoms with Gasteiger partial charge < -0.3 is 9.80 Å². The summed E-state index contributed by atoms with van der Waals surface area (Å²) in [4.78, 5) is 5.17. The van der Waals surface area contributed by atoms with Crippen molar-refractivity contribution in [3.63, 3.8) is 0 Å². The molecule has 22 rings (SSSR count). The Labute approximate surface area is 605 Å². The van der Waals surface area contributed by atoms with Crippen molar-refractivity contribution in [2.45, 2.75) is 0 Å². The van der Waals surface area contributed by atoms with E-state index in [9.17, 15) is 0 Å². The first-order valence-corrected chi connectivity index (χ1v) is 36.4. The van der Waals surface area contributed by atoms with Crippen molar-refractivity contribution in [1.29, 1.82) is 0 Å². The molecule has 0 fully saturated rings. The van der Waals surface area contributed by atoms with Gasteiger partial charge >= 0.3 is 0 Å². The monoisotopic (exact) mass is 1310 g/mol. The van der Waals surface area contributed by atoms with Crippen LogP contribution < -0.4 is 42.6 Å². The molecule has 0 unspecified atom stereocenters. The summed E-state index contributed by atoms with van der Waals surface area (Å²) in [6, 6.07) is 142. The number of rotatable bonds is 10. The molecule has 104 heavy (non-hydrogen) atoms. The van der Waals surface area contributed by atoms with E-state index >= 15 is 0 Å². The lowest BCUT2D eigenvalue weighted by molar-refractivity contribution is 1.29. The standard InChI is InChI=1S/C100H62B2N2/c1-7-31-63(32-8-1)69-43-19-23-53-87(69)103-89-55-25-21-51-83(89)101-85-61-81-80(94-73(67-39-15-5-16-40-67)47-28-48-74(94)68-41-17-6-18-42-68)60-78-76-50-30-58-92-100(76)102(84-52-22-26-56-90(84)104(92)88-54-24-20-44-70(88)64-33-9-2-10-34-64)86-62-82-79(59-77(75-49-29-57-91(103)99(75)101)95(85)97(82)98(81)96(78)86)93-71(65-35-11-3-12-36-65)45-27-46-72(93)66-37-13-4-14-38-66/h1-62H. The zero-order valence-corrected chi connectivity index (χ0v) is 56.8. The van der Waals surface area contributed by atoms with E-state index in [0.29, 0.717) is 0 Å². The van der Waals surface area contributed by atoms with Crippen molar-refractivity contribution >= 4 is 113 Å². The number of nitrogens with zero attached hydrogens (tertiary/aromatic N) is 2. The van der Waals surface area contributed by atoms with Gasteiger partial charge in [0.05, 0.1) is 11.4 Å². The number of hydrogen-bond donors (Lipinski definition) is 0. The van der Waals surface area contributed by atoms with Crippen LogP contribution in [0.15, 0.2) is 376 Å². The average molecular weight is 1310 g/mol. The first-order valence-electron chi connectivity index (χ1n) is 36.4. The minimum Gasteiger partial charge on any atom is -0.311 e. The highest BCUT2D eigenvalue weighted by Crippen LogP contribution is 2.56. The molecule has 0 radical (unpaired) electrons. The minimum atomic E-state index is -0.143. The first kappa shape index (κ1) is 58.5. The summed E-state index contributed by atoms with van der Waals surface area (Å²) in [5.41, 5.74) is 39.0. The van der Waals surface area contributed by atoms with Gasteiger partial charge in [0, 0.05) is 33.9 Å². The number of anilines is 6. The van der Waals surface area contributed by atoms with E-state index in [0.717, 1.165) is 11.4 Å². The van der Waals surface area contributed by atoms with E-state index < -0.39 is 0 Å². The second kappa shape index (κ2) is 23.1. The maximum absolute atomic E-state index is 2.71. The molecular weight excluding hydrogens is 1250 g/mol. The van der Waals surface area contributed by atoms with Gasteiger partial charge in [-0.3, -0.25) is 0 Å². The van der Waals surface area contributed by atoms with Crippen LogP contribution in [0.5, 0.6) is 0 Å². The van der Waals surface area contributed by atoms with Gasteiger partial charge in [-0.25, -0.2) is 0 Å². The smallest absolute Gasteiger partial charge is 0.248 e. The second-order valence-electron chi connectivity index (χ2n) is 28.3. The molecule has 4 aliphatic rings. The van der Waals surface area contributed by atoms with Crippen LogP contribution in [0, 0.1) is 0 Å². The molecule has 0 amide bonds. The summed E-state index contributed by atoms with van der Waals surface area (Å²) < 4.78 is 0. The summed E-state index contributed by atoms with van der Waals surface area (Å²) >= 11 is 0. The number of fused-ring (bicyclic) bond motifs is 8. The Morgan fingerprint density at radius 1 is 0.163 bits per heavy atom. The van der Waals surface area contributed by atoms with E-state index in [1.54, 1.807) is 0 Å². The van der Waals surface area contributed by atoms with Gasteiger partial charge in [0.1, 0.15) is 0 Å². The second-order valence-corrected chi connectivity index (χ2v) is 28.3. The van der Waals surface area contributed by atoms with Gasteiger partial charge in [0.25, 0.3) is 0 Å². The third kappa shape index (κ3) is 8.54. The van der Waals surface area contributed by atoms with Crippen LogP contribution >= 0.6 is 0 Å². The highest BCUT2D eigenvalue weighted by Gasteiger charge is 2.46. The summed E-state index contributed by atoms with van der Waals surface area (Å²) in [6.07, 6.45) is 0. The Bertz CT molecular complexity index is 6020. The third-order valence-electron chi connectivity index (χ3n) is 23.0. The van der Waals surface area contributed by atoms with Crippen molar-refractivity contribution in [3.8, 4) is 111 Å². The van der Waals surface area contributed by atoms with E-state index in [-0.39, 0.29) is 13.4 Å². The van der Waals surface area contributed by atoms with Crippen LogP contribution in [0.1, 0.15) is 0 Å². The zero-order valence-electron chi connectivity index (χ0n) is 56.8. The van der Waals surface area contributed by atoms with Crippen LogP contribution in [-0.4, -0.2) is 13.4 Å². The molecular formula is C100H62B2N2. The van der Waals surface area contributed by atoms with Gasteiger partial charge in [-0.05, 0) is 203 Å². The van der Waals surface area contributed by atoms with Crippen molar-refractivity contribution in [2.24, 2.45) is 0 Å². The summed E-state index contributed by atoms with van der Waals surface area (Å²) in [5.74, 6) is 0. The Hall–Kier alpha value is -13.3. The van der Waals surface area contributed by atoms with E-state index in [1.165, 1.54) is 199 Å². The maximum Gasteiger partial charge on any atom is 0.248 e. The van der Waals surface area contributed by atoms with Crippen LogP contribution in [0.3, 0.4) is 0 Å². The van der Waals surface area contributed by atoms with Gasteiger partial charge in [-0.2, -0.15) is 0 Å². The number of hydrogen-bond acceptors (Lipinski definition) is 2. The average Bonchev–Trinajstić information content (AvgIpc) is 0.663. The summed E-state index contributed by atoms with van der Waals surface area (Å²) in [7, 11) is 0. The molecule has 0 N–H and O–H groups in total. The van der Waals surface area contributed by atoms with Crippen molar-refractivity contribution in [1.82, 2.24) is 0 Å². The fraction of sp³-hybridized carbons (Fsp3) is 0. The van der Waals surface area contributed by atoms with Gasteiger partial charge in [0.2, 0.25) is 13.4 Å². The topological polar surface area (TPSA) is 6.48 Å². The van der Waals surface area contributed by atoms with Crippen LogP contribution in [0.2, 0.25) is 0 Å². The Morgan fingerprint density at radius 2 is 0.423 bits per heavy atom. The molecule has 2 nitrogen and oxygen atoms in total. The molecule has 0 bridgehead atoms. The molecule has 0 saturated carbocycles. The summed E-state index contributed by atoms with van der Waals surface area (Å²) in [5, 5.41) is 7.75. The fourth-order valence-electron chi connectivity index (χ4n) is 18.9. The van der Waals surface area contributed by atoms with E-state index in [2.05, 4.69) is 386 Å². The van der Waals surface area contributed by atoms with Crippen molar-refractivity contribution in [3.05, 3.63) is 376 Å². The Balaban J connectivity index is 0.952. The minimum absolute atomic E-state index is 0.143. The third-order valence-corrected chi connectivity index (χ3v) is 23.0. The zero-order chi connectivity index (χ0) is 68.1. The normalized spacial score (nSPS) is 12.7. The largest absolute Gasteiger partial charge is 0.311 e. The predicted molar refractivity (Wildman–Crippen MR) is 443 cm³/mol. The van der Waals surface area contributed by atoms with Crippen LogP contribution in [0.4, 0.5) is 34.1 Å². The fourth-order valence-corrected chi connectivity index (χ4v) is 18.9. The lowest BCUT2D eigenvalue weighted by Crippen LogP contribution is -2.60. The van der Waals surface area contributed by atoms with E-state index in [4.69, 9.17) is 0 Å². The number of para-hydroxylation sites is 4. The molecule has 18 aromatic carbocycles. The molecule has 18 aromatic rings. The first-order chi connectivity index (χ1) is 51.7. The lowest BCUT2D eigenvalue weighted by atomic mass is 9.31. The Morgan fingerprint density at radius 3 is 0.769 bits per heavy atom. The van der Waals surface area contributed by atoms with E-state index in [1.807, 2.05) is 0 Å². The molecule has 0 aromatic heterocycles. The molecule has 0 aliphatic carbocycles. The highest BCUT2D eigenvalue weighted by molar-refractivity contribution is 7.02. The van der Waals surface area contributed by atoms with Gasteiger partial charge in [-0.15, -0.1) is 0 Å². The van der Waals surface area contributed by atoms with Gasteiger partial charge in [0.15, 0.2) is 0 Å². The van der Waals surface area contributed by atoms with Crippen molar-refractivity contribution in [2.75, 3.05) is 9.80 Å². The number of benzene rings is 18. The molecule has 0 atom stereocenters. The SMILES string of the molecule is c1ccc(-c2ccccc2N2c3ccccc3B3c4c(cccc42)-c2cc(-c4c(-c5ccccc5)cccc4-c4ccccc4)c4cc5c6c(cc(-c7c(-c8ccccc8)cccc7-c7ccccc7)c7cc3c2c4c76)-c2cccc3c2B5c2ccccc2N3c2ccccc2-c2ccccc2)cc1. The molecule has 4 aliphatic heterocycles. The quantitative estimate of drug-likeness (QED) is 0.0995. The lowest BCUT2D eigenvalue weighted by Gasteiger charge is -2.42. The predicted octanol–water partition coefficient (Wildman–Crippen LogP) is 22.5. The highest BCUT2D eigenvalue weighted by atomic mass is 15.2. The van der Waals surface area contributed by atoms with Crippen molar-refractivity contribution < 1.29 is 0 Å². The Kier molecular flexibility index (Phi) is 13.0. The molecule has 4 heteroatoms. The molecule has 0 spiro atoms. The van der Waals surface area contributed by atoms with Gasteiger partial charge in [-0.1, -0.05) is 339 Å². The molecule has 478 valence electrons. The molecule has 0 saturated heterocycles. The maximum atomic E-state index is 2.71.